The van der Waals surface area contributed by atoms with Gasteiger partial charge in [0.15, 0.2) is 11.5 Å². The van der Waals surface area contributed by atoms with Gasteiger partial charge in [-0.25, -0.2) is 0 Å². The van der Waals surface area contributed by atoms with E-state index >= 15 is 0 Å². The number of phenolic OH excluding ortho intramolecular Hbond substituents is 1. The lowest BCUT2D eigenvalue weighted by Gasteiger charge is -2.15. The maximum Gasteiger partial charge on any atom is 0.168 e. The molecule has 94 valence electrons. The summed E-state index contributed by atoms with van der Waals surface area (Å²) in [6.07, 6.45) is 1.48. The second-order valence-electron chi connectivity index (χ2n) is 3.92. The maximum atomic E-state index is 9.98. The average molecular weight is 258 g/mol. The summed E-state index contributed by atoms with van der Waals surface area (Å²) in [5.74, 6) is 1.34. The molecule has 0 spiro atoms. The van der Waals surface area contributed by atoms with Crippen LogP contribution in [0.2, 0.25) is 5.02 Å². The molecule has 0 radical (unpaired) electrons. The first-order chi connectivity index (χ1) is 8.24. The van der Waals surface area contributed by atoms with Crippen molar-refractivity contribution in [1.29, 1.82) is 0 Å². The molecule has 0 amide bonds. The Balaban J connectivity index is 2.42. The topological polar surface area (TPSA) is 50.7 Å². The predicted octanol–water partition coefficient (Wildman–Crippen LogP) is 1.97. The quantitative estimate of drug-likeness (QED) is 0.869. The van der Waals surface area contributed by atoms with Gasteiger partial charge in [0.2, 0.25) is 0 Å². The molecule has 0 aromatic heterocycles. The van der Waals surface area contributed by atoms with Gasteiger partial charge in [-0.15, -0.1) is 0 Å². The van der Waals surface area contributed by atoms with Crippen LogP contribution in [0.1, 0.15) is 12.0 Å². The van der Waals surface area contributed by atoms with Gasteiger partial charge < -0.3 is 19.9 Å². The SMILES string of the molecule is CNCCc1c(O)c(Cl)cc2c1OCCCO2. The Kier molecular flexibility index (Phi) is 3.97. The van der Waals surface area contributed by atoms with Gasteiger partial charge in [-0.2, -0.15) is 0 Å². The number of phenols is 1. The Morgan fingerprint density at radius 2 is 2.18 bits per heavy atom. The first-order valence-electron chi connectivity index (χ1n) is 5.68. The highest BCUT2D eigenvalue weighted by Crippen LogP contribution is 2.43. The normalized spacial score (nSPS) is 14.5. The molecule has 0 saturated heterocycles. The molecular weight excluding hydrogens is 242 g/mol. The number of likely N-dealkylation sites (N-methyl/N-ethyl adjacent to an activating group) is 1. The van der Waals surface area contributed by atoms with Crippen LogP contribution in [-0.4, -0.2) is 31.9 Å². The van der Waals surface area contributed by atoms with Gasteiger partial charge in [-0.1, -0.05) is 11.6 Å². The predicted molar refractivity (Wildman–Crippen MR) is 66.4 cm³/mol. The van der Waals surface area contributed by atoms with Gasteiger partial charge in [0, 0.05) is 18.1 Å². The Bertz CT molecular complexity index is 409. The zero-order valence-corrected chi connectivity index (χ0v) is 10.5. The van der Waals surface area contributed by atoms with E-state index in [1.165, 1.54) is 0 Å². The molecule has 1 aliphatic rings. The van der Waals surface area contributed by atoms with Crippen molar-refractivity contribution >= 4 is 11.6 Å². The zero-order valence-electron chi connectivity index (χ0n) is 9.75. The van der Waals surface area contributed by atoms with E-state index in [-0.39, 0.29) is 5.75 Å². The Morgan fingerprint density at radius 3 is 2.94 bits per heavy atom. The summed E-state index contributed by atoms with van der Waals surface area (Å²) < 4.78 is 11.2. The molecule has 1 aromatic carbocycles. The smallest absolute Gasteiger partial charge is 0.168 e. The lowest BCUT2D eigenvalue weighted by atomic mass is 10.1. The third-order valence-corrected chi connectivity index (χ3v) is 2.97. The number of rotatable bonds is 3. The number of hydrogen-bond acceptors (Lipinski definition) is 4. The van der Waals surface area contributed by atoms with Crippen LogP contribution >= 0.6 is 11.6 Å². The summed E-state index contributed by atoms with van der Waals surface area (Å²) in [6.45, 7) is 1.95. The highest BCUT2D eigenvalue weighted by Gasteiger charge is 2.20. The van der Waals surface area contributed by atoms with Crippen molar-refractivity contribution in [3.63, 3.8) is 0 Å². The van der Waals surface area contributed by atoms with E-state index in [9.17, 15) is 5.11 Å². The first-order valence-corrected chi connectivity index (χ1v) is 6.06. The van der Waals surface area contributed by atoms with Gasteiger partial charge >= 0.3 is 0 Å². The summed E-state index contributed by atoms with van der Waals surface area (Å²) in [7, 11) is 1.86. The lowest BCUT2D eigenvalue weighted by molar-refractivity contribution is 0.295. The fourth-order valence-corrected chi connectivity index (χ4v) is 2.03. The van der Waals surface area contributed by atoms with E-state index < -0.39 is 0 Å². The molecule has 4 nitrogen and oxygen atoms in total. The molecular formula is C12H16ClNO3. The van der Waals surface area contributed by atoms with Gasteiger partial charge in [-0.3, -0.25) is 0 Å². The van der Waals surface area contributed by atoms with E-state index in [1.54, 1.807) is 6.07 Å². The molecule has 2 rings (SSSR count). The molecule has 1 heterocycles. The number of halogens is 1. The molecule has 17 heavy (non-hydrogen) atoms. The second kappa shape index (κ2) is 5.47. The van der Waals surface area contributed by atoms with Gasteiger partial charge in [0.1, 0.15) is 5.75 Å². The highest BCUT2D eigenvalue weighted by molar-refractivity contribution is 6.32. The number of benzene rings is 1. The summed E-state index contributed by atoms with van der Waals surface area (Å²) in [4.78, 5) is 0. The third-order valence-electron chi connectivity index (χ3n) is 2.69. The van der Waals surface area contributed by atoms with Gasteiger partial charge in [0.05, 0.1) is 18.2 Å². The fourth-order valence-electron chi connectivity index (χ4n) is 1.81. The minimum atomic E-state index is 0.0890. The van der Waals surface area contributed by atoms with Crippen molar-refractivity contribution in [2.45, 2.75) is 12.8 Å². The molecule has 0 saturated carbocycles. The van der Waals surface area contributed by atoms with Crippen LogP contribution in [-0.2, 0) is 6.42 Å². The van der Waals surface area contributed by atoms with E-state index in [0.29, 0.717) is 41.7 Å². The van der Waals surface area contributed by atoms with E-state index in [0.717, 1.165) is 13.0 Å². The van der Waals surface area contributed by atoms with Gasteiger partial charge in [0.25, 0.3) is 0 Å². The zero-order chi connectivity index (χ0) is 12.3. The van der Waals surface area contributed by atoms with Gasteiger partial charge in [-0.05, 0) is 20.0 Å². The molecule has 0 bridgehead atoms. The fraction of sp³-hybridized carbons (Fsp3) is 0.500. The number of fused-ring (bicyclic) bond motifs is 1. The van der Waals surface area contributed by atoms with Crippen molar-refractivity contribution in [2.24, 2.45) is 0 Å². The number of ether oxygens (including phenoxy) is 2. The van der Waals surface area contributed by atoms with Crippen molar-refractivity contribution in [2.75, 3.05) is 26.8 Å². The van der Waals surface area contributed by atoms with E-state index in [4.69, 9.17) is 21.1 Å². The number of aromatic hydroxyl groups is 1. The van der Waals surface area contributed by atoms with Crippen LogP contribution in [0.25, 0.3) is 0 Å². The maximum absolute atomic E-state index is 9.98. The molecule has 5 heteroatoms. The molecule has 0 fully saturated rings. The Morgan fingerprint density at radius 1 is 1.41 bits per heavy atom. The molecule has 0 atom stereocenters. The average Bonchev–Trinajstić information content (AvgIpc) is 2.55. The van der Waals surface area contributed by atoms with Crippen molar-refractivity contribution in [3.05, 3.63) is 16.7 Å². The minimum absolute atomic E-state index is 0.0890. The monoisotopic (exact) mass is 257 g/mol. The Hall–Kier alpha value is -1.13. The van der Waals surface area contributed by atoms with Crippen LogP contribution in [0, 0.1) is 0 Å². The number of hydrogen-bond donors (Lipinski definition) is 2. The van der Waals surface area contributed by atoms with Crippen LogP contribution in [0.4, 0.5) is 0 Å². The lowest BCUT2D eigenvalue weighted by Crippen LogP contribution is -2.11. The number of nitrogens with one attached hydrogen (secondary N) is 1. The third kappa shape index (κ3) is 2.58. The second-order valence-corrected chi connectivity index (χ2v) is 4.32. The Labute approximate surface area is 105 Å². The summed E-state index contributed by atoms with van der Waals surface area (Å²) in [5, 5.41) is 13.3. The van der Waals surface area contributed by atoms with Crippen molar-refractivity contribution in [1.82, 2.24) is 5.32 Å². The molecule has 0 unspecified atom stereocenters. The van der Waals surface area contributed by atoms with E-state index in [2.05, 4.69) is 5.32 Å². The molecule has 1 aromatic rings. The summed E-state index contributed by atoms with van der Waals surface area (Å²) >= 11 is 5.98. The van der Waals surface area contributed by atoms with E-state index in [1.807, 2.05) is 7.05 Å². The molecule has 0 aliphatic carbocycles. The molecule has 1 aliphatic heterocycles. The van der Waals surface area contributed by atoms with Crippen LogP contribution in [0.5, 0.6) is 17.2 Å². The van der Waals surface area contributed by atoms with Crippen LogP contribution in [0.3, 0.4) is 0 Å². The standard InChI is InChI=1S/C12H16ClNO3/c1-14-4-3-8-11(15)9(13)7-10-12(8)17-6-2-5-16-10/h7,14-15H,2-6H2,1H3. The largest absolute Gasteiger partial charge is 0.506 e. The molecule has 2 N–H and O–H groups in total. The first kappa shape index (κ1) is 12.3. The summed E-state index contributed by atoms with van der Waals surface area (Å²) in [6, 6.07) is 1.61. The summed E-state index contributed by atoms with van der Waals surface area (Å²) in [5.41, 5.74) is 0.712. The van der Waals surface area contributed by atoms with Crippen LogP contribution < -0.4 is 14.8 Å². The minimum Gasteiger partial charge on any atom is -0.506 e. The highest BCUT2D eigenvalue weighted by atomic mass is 35.5. The van der Waals surface area contributed by atoms with Crippen molar-refractivity contribution < 1.29 is 14.6 Å². The van der Waals surface area contributed by atoms with Crippen molar-refractivity contribution in [3.8, 4) is 17.2 Å². The van der Waals surface area contributed by atoms with Crippen LogP contribution in [0.15, 0.2) is 6.07 Å².